The second-order valence-corrected chi connectivity index (χ2v) is 7.06. The van der Waals surface area contributed by atoms with Crippen LogP contribution in [0.3, 0.4) is 0 Å². The molecule has 1 N–H and O–H groups in total. The standard InChI is InChI=1S/C17H14BrN3O2S/c1-11-6-8-12(9-7-11)24-10-15-16(17(22)23)19-20-21(15)14-5-3-2-4-13(14)18/h2-9H,10H2,1H3,(H,22,23). The van der Waals surface area contributed by atoms with E-state index in [9.17, 15) is 9.90 Å². The van der Waals surface area contributed by atoms with Gasteiger partial charge in [0.15, 0.2) is 5.69 Å². The zero-order valence-corrected chi connectivity index (χ0v) is 15.2. The Morgan fingerprint density at radius 1 is 1.21 bits per heavy atom. The third kappa shape index (κ3) is 3.52. The van der Waals surface area contributed by atoms with E-state index < -0.39 is 5.97 Å². The average Bonchev–Trinajstić information content (AvgIpc) is 2.99. The number of aromatic carboxylic acids is 1. The van der Waals surface area contributed by atoms with Crippen molar-refractivity contribution < 1.29 is 9.90 Å². The lowest BCUT2D eigenvalue weighted by Gasteiger charge is -2.09. The van der Waals surface area contributed by atoms with E-state index in [0.29, 0.717) is 11.4 Å². The molecule has 0 unspecified atom stereocenters. The van der Waals surface area contributed by atoms with Crippen LogP contribution in [-0.4, -0.2) is 26.1 Å². The molecule has 0 spiro atoms. The third-order valence-electron chi connectivity index (χ3n) is 3.44. The number of aryl methyl sites for hydroxylation is 1. The van der Waals surface area contributed by atoms with E-state index in [1.807, 2.05) is 55.5 Å². The number of carboxylic acid groups (broad SMARTS) is 1. The molecule has 0 saturated heterocycles. The normalized spacial score (nSPS) is 10.8. The molecule has 2 aromatic carbocycles. The molecule has 24 heavy (non-hydrogen) atoms. The Hall–Kier alpha value is -2.12. The molecule has 0 radical (unpaired) electrons. The number of para-hydroxylation sites is 1. The van der Waals surface area contributed by atoms with Crippen LogP contribution in [-0.2, 0) is 5.75 Å². The molecule has 0 aliphatic rings. The van der Waals surface area contributed by atoms with E-state index in [4.69, 9.17) is 0 Å². The lowest BCUT2D eigenvalue weighted by atomic mass is 10.2. The van der Waals surface area contributed by atoms with E-state index in [1.165, 1.54) is 5.56 Å². The van der Waals surface area contributed by atoms with E-state index in [-0.39, 0.29) is 5.69 Å². The average molecular weight is 404 g/mol. The van der Waals surface area contributed by atoms with Crippen molar-refractivity contribution in [1.29, 1.82) is 0 Å². The molecule has 122 valence electrons. The highest BCUT2D eigenvalue weighted by molar-refractivity contribution is 9.10. The maximum Gasteiger partial charge on any atom is 0.358 e. The summed E-state index contributed by atoms with van der Waals surface area (Å²) in [5, 5.41) is 17.3. The lowest BCUT2D eigenvalue weighted by molar-refractivity contribution is 0.0689. The molecule has 7 heteroatoms. The first-order valence-corrected chi connectivity index (χ1v) is 8.96. The first-order valence-electron chi connectivity index (χ1n) is 7.18. The zero-order chi connectivity index (χ0) is 17.1. The fourth-order valence-electron chi connectivity index (χ4n) is 2.20. The van der Waals surface area contributed by atoms with Crippen LogP contribution in [0.2, 0.25) is 0 Å². The highest BCUT2D eigenvalue weighted by Crippen LogP contribution is 2.28. The van der Waals surface area contributed by atoms with Gasteiger partial charge >= 0.3 is 5.97 Å². The first kappa shape index (κ1) is 16.7. The van der Waals surface area contributed by atoms with Gasteiger partial charge in [-0.1, -0.05) is 35.0 Å². The molecule has 3 aromatic rings. The Morgan fingerprint density at radius 2 is 1.92 bits per heavy atom. The minimum Gasteiger partial charge on any atom is -0.476 e. The molecule has 1 heterocycles. The van der Waals surface area contributed by atoms with Crippen molar-refractivity contribution in [3.05, 3.63) is 70.0 Å². The molecule has 0 fully saturated rings. The fourth-order valence-corrected chi connectivity index (χ4v) is 3.54. The number of rotatable bonds is 5. The van der Waals surface area contributed by atoms with Crippen LogP contribution >= 0.6 is 27.7 Å². The van der Waals surface area contributed by atoms with Gasteiger partial charge in [-0.3, -0.25) is 0 Å². The smallest absolute Gasteiger partial charge is 0.358 e. The SMILES string of the molecule is Cc1ccc(SCc2c(C(=O)O)nnn2-c2ccccc2Br)cc1. The van der Waals surface area contributed by atoms with Gasteiger partial charge in [0, 0.05) is 15.1 Å². The van der Waals surface area contributed by atoms with Crippen molar-refractivity contribution in [2.24, 2.45) is 0 Å². The minimum atomic E-state index is -1.08. The number of hydrogen-bond donors (Lipinski definition) is 1. The van der Waals surface area contributed by atoms with Crippen molar-refractivity contribution >= 4 is 33.7 Å². The van der Waals surface area contributed by atoms with Crippen molar-refractivity contribution in [3.63, 3.8) is 0 Å². The van der Waals surface area contributed by atoms with Crippen molar-refractivity contribution in [3.8, 4) is 5.69 Å². The number of carboxylic acids is 1. The molecule has 3 rings (SSSR count). The van der Waals surface area contributed by atoms with Gasteiger partial charge in [-0.05, 0) is 47.1 Å². The maximum atomic E-state index is 11.5. The molecular formula is C17H14BrN3O2S. The summed E-state index contributed by atoms with van der Waals surface area (Å²) in [5.41, 5.74) is 2.48. The molecule has 0 saturated carbocycles. The molecular weight excluding hydrogens is 390 g/mol. The second kappa shape index (κ2) is 7.19. The lowest BCUT2D eigenvalue weighted by Crippen LogP contribution is -2.06. The second-order valence-electron chi connectivity index (χ2n) is 5.15. The Bertz CT molecular complexity index is 878. The summed E-state index contributed by atoms with van der Waals surface area (Å²) in [5.74, 6) is -0.619. The monoisotopic (exact) mass is 403 g/mol. The third-order valence-corrected chi connectivity index (χ3v) is 5.14. The number of hydrogen-bond acceptors (Lipinski definition) is 4. The summed E-state index contributed by atoms with van der Waals surface area (Å²) in [6.07, 6.45) is 0. The van der Waals surface area contributed by atoms with Gasteiger partial charge in [0.25, 0.3) is 0 Å². The molecule has 0 aliphatic heterocycles. The number of carbonyl (C=O) groups is 1. The van der Waals surface area contributed by atoms with E-state index in [1.54, 1.807) is 16.4 Å². The number of halogens is 1. The van der Waals surface area contributed by atoms with Crippen LogP contribution in [0.1, 0.15) is 21.7 Å². The summed E-state index contributed by atoms with van der Waals surface area (Å²) >= 11 is 5.03. The first-order chi connectivity index (χ1) is 11.6. The topological polar surface area (TPSA) is 68.0 Å². The summed E-state index contributed by atoms with van der Waals surface area (Å²) in [6.45, 7) is 2.03. The van der Waals surface area contributed by atoms with Crippen molar-refractivity contribution in [2.75, 3.05) is 0 Å². The minimum absolute atomic E-state index is 0.0228. The Morgan fingerprint density at radius 3 is 2.58 bits per heavy atom. The van der Waals surface area contributed by atoms with Gasteiger partial charge in [-0.2, -0.15) is 0 Å². The fraction of sp³-hybridized carbons (Fsp3) is 0.118. The van der Waals surface area contributed by atoms with Crippen LogP contribution in [0.5, 0.6) is 0 Å². The van der Waals surface area contributed by atoms with Crippen LogP contribution in [0.15, 0.2) is 57.9 Å². The summed E-state index contributed by atoms with van der Waals surface area (Å²) in [6, 6.07) is 15.6. The number of benzene rings is 2. The van der Waals surface area contributed by atoms with Crippen molar-refractivity contribution in [2.45, 2.75) is 17.6 Å². The predicted molar refractivity (Wildman–Crippen MR) is 96.8 cm³/mol. The molecule has 0 atom stereocenters. The van der Waals surface area contributed by atoms with Crippen LogP contribution in [0, 0.1) is 6.92 Å². The Balaban J connectivity index is 1.95. The van der Waals surface area contributed by atoms with Crippen LogP contribution in [0.4, 0.5) is 0 Å². The Labute approximate surface area is 151 Å². The highest BCUT2D eigenvalue weighted by atomic mass is 79.9. The van der Waals surface area contributed by atoms with Gasteiger partial charge in [-0.25, -0.2) is 9.48 Å². The highest BCUT2D eigenvalue weighted by Gasteiger charge is 2.21. The number of nitrogens with zero attached hydrogens (tertiary/aromatic N) is 3. The largest absolute Gasteiger partial charge is 0.476 e. The molecule has 1 aromatic heterocycles. The number of thioether (sulfide) groups is 1. The van der Waals surface area contributed by atoms with Gasteiger partial charge < -0.3 is 5.11 Å². The molecule has 0 aliphatic carbocycles. The van der Waals surface area contributed by atoms with Crippen LogP contribution in [0.25, 0.3) is 5.69 Å². The number of aromatic nitrogens is 3. The van der Waals surface area contributed by atoms with E-state index in [2.05, 4.69) is 26.2 Å². The zero-order valence-electron chi connectivity index (χ0n) is 12.8. The van der Waals surface area contributed by atoms with Gasteiger partial charge in [-0.15, -0.1) is 16.9 Å². The summed E-state index contributed by atoms with van der Waals surface area (Å²) in [7, 11) is 0. The predicted octanol–water partition coefficient (Wildman–Crippen LogP) is 4.33. The summed E-state index contributed by atoms with van der Waals surface area (Å²) in [4.78, 5) is 12.5. The van der Waals surface area contributed by atoms with Crippen molar-refractivity contribution in [1.82, 2.24) is 15.0 Å². The Kier molecular flexibility index (Phi) is 5.01. The quantitative estimate of drug-likeness (QED) is 0.642. The van der Waals surface area contributed by atoms with Gasteiger partial charge in [0.2, 0.25) is 0 Å². The van der Waals surface area contributed by atoms with Gasteiger partial charge in [0.05, 0.1) is 11.4 Å². The molecule has 0 amide bonds. The van der Waals surface area contributed by atoms with E-state index in [0.717, 1.165) is 15.1 Å². The summed E-state index contributed by atoms with van der Waals surface area (Å²) < 4.78 is 2.41. The molecule has 0 bridgehead atoms. The molecule has 5 nitrogen and oxygen atoms in total. The van der Waals surface area contributed by atoms with E-state index >= 15 is 0 Å². The van der Waals surface area contributed by atoms with Crippen LogP contribution < -0.4 is 0 Å². The maximum absolute atomic E-state index is 11.5. The van der Waals surface area contributed by atoms with Gasteiger partial charge in [0.1, 0.15) is 0 Å².